The summed E-state index contributed by atoms with van der Waals surface area (Å²) in [5.74, 6) is -0.359. The van der Waals surface area contributed by atoms with Gasteiger partial charge in [-0.25, -0.2) is 0 Å². The molecule has 0 bridgehead atoms. The minimum absolute atomic E-state index is 0.209. The van der Waals surface area contributed by atoms with Crippen LogP contribution in [0.4, 0.5) is 0 Å². The van der Waals surface area contributed by atoms with Gasteiger partial charge in [-0.2, -0.15) is 0 Å². The number of unbranched alkanes of at least 4 members (excludes halogenated alkanes) is 12. The second-order valence-electron chi connectivity index (χ2n) is 8.30. The third kappa shape index (κ3) is 11.3. The summed E-state index contributed by atoms with van der Waals surface area (Å²) in [5, 5.41) is 29.2. The first-order valence-corrected chi connectivity index (χ1v) is 11.6. The Balaban J connectivity index is 1.93. The van der Waals surface area contributed by atoms with Crippen molar-refractivity contribution < 1.29 is 29.6 Å². The van der Waals surface area contributed by atoms with E-state index in [-0.39, 0.29) is 12.6 Å². The number of rotatable bonds is 16. The van der Waals surface area contributed by atoms with Gasteiger partial charge in [-0.15, -0.1) is 0 Å². The van der Waals surface area contributed by atoms with E-state index in [0.717, 1.165) is 19.3 Å². The van der Waals surface area contributed by atoms with Gasteiger partial charge in [0.1, 0.15) is 24.9 Å². The normalized spacial score (nSPS) is 27.1. The monoisotopic (exact) mass is 417 g/mol. The Bertz CT molecular complexity index is 422. The molecule has 0 aromatic rings. The molecule has 0 aromatic carbocycles. The van der Waals surface area contributed by atoms with Gasteiger partial charge in [-0.05, 0) is 6.42 Å². The Morgan fingerprint density at radius 1 is 0.828 bits per heavy atom. The molecule has 1 heterocycles. The molecule has 172 valence electrons. The molecule has 0 aliphatic carbocycles. The van der Waals surface area contributed by atoms with Gasteiger partial charge < -0.3 is 30.5 Å². The quantitative estimate of drug-likeness (QED) is 0.225. The second-order valence-corrected chi connectivity index (χ2v) is 8.30. The van der Waals surface area contributed by atoms with Crippen molar-refractivity contribution in [2.75, 3.05) is 6.61 Å². The lowest BCUT2D eigenvalue weighted by molar-refractivity contribution is -0.251. The third-order valence-corrected chi connectivity index (χ3v) is 5.66. The highest BCUT2D eigenvalue weighted by Gasteiger charge is 2.42. The van der Waals surface area contributed by atoms with Gasteiger partial charge in [0.2, 0.25) is 0 Å². The number of esters is 1. The molecule has 1 aliphatic rings. The van der Waals surface area contributed by atoms with Gasteiger partial charge in [-0.3, -0.25) is 4.79 Å². The van der Waals surface area contributed by atoms with Crippen molar-refractivity contribution in [1.82, 2.24) is 0 Å². The highest BCUT2D eigenvalue weighted by Crippen LogP contribution is 2.19. The molecule has 5 N–H and O–H groups in total. The summed E-state index contributed by atoms with van der Waals surface area (Å²) in [7, 11) is 0. The molecular formula is C22H43NO6. The van der Waals surface area contributed by atoms with E-state index in [9.17, 15) is 20.1 Å². The van der Waals surface area contributed by atoms with E-state index in [1.807, 2.05) is 0 Å². The highest BCUT2D eigenvalue weighted by molar-refractivity contribution is 5.69. The Kier molecular flexibility index (Phi) is 14.5. The van der Waals surface area contributed by atoms with Crippen molar-refractivity contribution in [3.05, 3.63) is 0 Å². The smallest absolute Gasteiger partial charge is 0.305 e. The third-order valence-electron chi connectivity index (χ3n) is 5.66. The minimum atomic E-state index is -1.39. The molecule has 29 heavy (non-hydrogen) atoms. The molecule has 1 unspecified atom stereocenters. The number of ether oxygens (including phenoxy) is 2. The fourth-order valence-corrected chi connectivity index (χ4v) is 3.64. The Labute approximate surface area is 176 Å². The summed E-state index contributed by atoms with van der Waals surface area (Å²) in [5.41, 5.74) is 5.50. The van der Waals surface area contributed by atoms with Gasteiger partial charge in [0.05, 0.1) is 6.04 Å². The summed E-state index contributed by atoms with van der Waals surface area (Å²) >= 11 is 0. The van der Waals surface area contributed by atoms with Crippen LogP contribution >= 0.6 is 0 Å². The number of carbonyl (C=O) groups is 1. The largest absolute Gasteiger partial charge is 0.463 e. The summed E-state index contributed by atoms with van der Waals surface area (Å²) in [4.78, 5) is 11.8. The Morgan fingerprint density at radius 2 is 1.31 bits per heavy atom. The van der Waals surface area contributed by atoms with Crippen LogP contribution in [-0.4, -0.2) is 58.5 Å². The molecule has 0 radical (unpaired) electrons. The molecule has 0 aromatic heterocycles. The van der Waals surface area contributed by atoms with E-state index in [1.54, 1.807) is 0 Å². The summed E-state index contributed by atoms with van der Waals surface area (Å²) < 4.78 is 10.2. The van der Waals surface area contributed by atoms with Gasteiger partial charge in [0.15, 0.2) is 6.29 Å². The molecule has 7 nitrogen and oxygen atoms in total. The molecule has 5 atom stereocenters. The maximum absolute atomic E-state index is 11.8. The Morgan fingerprint density at radius 3 is 1.83 bits per heavy atom. The summed E-state index contributed by atoms with van der Waals surface area (Å²) in [6.07, 6.45) is 11.5. The number of hydrogen-bond acceptors (Lipinski definition) is 7. The topological polar surface area (TPSA) is 122 Å². The zero-order valence-corrected chi connectivity index (χ0v) is 18.1. The molecule has 1 fully saturated rings. The number of aliphatic hydroxyl groups is 3. The predicted molar refractivity (Wildman–Crippen MR) is 112 cm³/mol. The second kappa shape index (κ2) is 16.0. The van der Waals surface area contributed by atoms with E-state index in [4.69, 9.17) is 15.2 Å². The number of aliphatic hydroxyl groups excluding tert-OH is 3. The van der Waals surface area contributed by atoms with Crippen LogP contribution in [0.3, 0.4) is 0 Å². The standard InChI is InChI=1S/C22H43NO6/c1-2-3-4-5-6-7-8-9-10-11-12-13-14-15-18(24)28-16-17-20(25)21(26)19(23)22(27)29-17/h17,19-22,25-27H,2-16,23H2,1H3/t17-,19-,20-,21-,22?/m1/s1. The van der Waals surface area contributed by atoms with Crippen LogP contribution in [0.2, 0.25) is 0 Å². The van der Waals surface area contributed by atoms with Crippen LogP contribution in [0, 0.1) is 0 Å². The lowest BCUT2D eigenvalue weighted by Crippen LogP contribution is -2.62. The van der Waals surface area contributed by atoms with Crippen LogP contribution in [0.25, 0.3) is 0 Å². The average molecular weight is 418 g/mol. The molecular weight excluding hydrogens is 374 g/mol. The van der Waals surface area contributed by atoms with E-state index in [2.05, 4.69) is 6.92 Å². The first-order chi connectivity index (χ1) is 14.0. The molecule has 0 amide bonds. The van der Waals surface area contributed by atoms with Crippen molar-refractivity contribution in [3.63, 3.8) is 0 Å². The van der Waals surface area contributed by atoms with Gasteiger partial charge in [-0.1, -0.05) is 84.0 Å². The molecule has 0 spiro atoms. The molecule has 1 aliphatic heterocycles. The van der Waals surface area contributed by atoms with Gasteiger partial charge in [0.25, 0.3) is 0 Å². The van der Waals surface area contributed by atoms with Crippen LogP contribution < -0.4 is 5.73 Å². The number of hydrogen-bond donors (Lipinski definition) is 4. The minimum Gasteiger partial charge on any atom is -0.463 e. The molecule has 1 rings (SSSR count). The number of nitrogens with two attached hydrogens (primary N) is 1. The SMILES string of the molecule is CCCCCCCCCCCCCCCC(=O)OC[C@H]1OC(O)[C@H](N)[C@@H](O)[C@@H]1O. The van der Waals surface area contributed by atoms with Crippen molar-refractivity contribution in [2.45, 2.75) is 127 Å². The summed E-state index contributed by atoms with van der Waals surface area (Å²) in [6.45, 7) is 2.04. The number of carbonyl (C=O) groups excluding carboxylic acids is 1. The highest BCUT2D eigenvalue weighted by atomic mass is 16.6. The van der Waals surface area contributed by atoms with Crippen molar-refractivity contribution in [1.29, 1.82) is 0 Å². The maximum atomic E-state index is 11.8. The zero-order valence-electron chi connectivity index (χ0n) is 18.1. The van der Waals surface area contributed by atoms with Crippen molar-refractivity contribution in [2.24, 2.45) is 5.73 Å². The van der Waals surface area contributed by atoms with Crippen molar-refractivity contribution in [3.8, 4) is 0 Å². The average Bonchev–Trinajstić information content (AvgIpc) is 2.71. The predicted octanol–water partition coefficient (Wildman–Crippen LogP) is 2.78. The fourth-order valence-electron chi connectivity index (χ4n) is 3.64. The maximum Gasteiger partial charge on any atom is 0.305 e. The Hall–Kier alpha value is -0.730. The van der Waals surface area contributed by atoms with E-state index >= 15 is 0 Å². The van der Waals surface area contributed by atoms with Crippen LogP contribution in [-0.2, 0) is 14.3 Å². The molecule has 0 saturated carbocycles. The zero-order chi connectivity index (χ0) is 21.5. The fraction of sp³-hybridized carbons (Fsp3) is 0.955. The van der Waals surface area contributed by atoms with E-state index in [0.29, 0.717) is 6.42 Å². The van der Waals surface area contributed by atoms with Gasteiger partial charge in [0, 0.05) is 6.42 Å². The van der Waals surface area contributed by atoms with E-state index < -0.39 is 30.6 Å². The van der Waals surface area contributed by atoms with Crippen LogP contribution in [0.1, 0.15) is 96.8 Å². The first kappa shape index (κ1) is 26.3. The van der Waals surface area contributed by atoms with Crippen molar-refractivity contribution >= 4 is 5.97 Å². The first-order valence-electron chi connectivity index (χ1n) is 11.6. The van der Waals surface area contributed by atoms with Crippen LogP contribution in [0.15, 0.2) is 0 Å². The van der Waals surface area contributed by atoms with Gasteiger partial charge >= 0.3 is 5.97 Å². The van der Waals surface area contributed by atoms with Crippen LogP contribution in [0.5, 0.6) is 0 Å². The lowest BCUT2D eigenvalue weighted by Gasteiger charge is -2.38. The lowest BCUT2D eigenvalue weighted by atomic mass is 9.98. The molecule has 7 heteroatoms. The van der Waals surface area contributed by atoms with E-state index in [1.165, 1.54) is 64.2 Å². The summed E-state index contributed by atoms with van der Waals surface area (Å²) in [6, 6.07) is -1.08. The molecule has 1 saturated heterocycles.